The number of aryl methyl sites for hydroxylation is 1. The van der Waals surface area contributed by atoms with Gasteiger partial charge in [0, 0.05) is 19.1 Å². The van der Waals surface area contributed by atoms with Crippen molar-refractivity contribution in [3.8, 4) is 0 Å². The molecule has 0 heterocycles. The monoisotopic (exact) mass is 218 g/mol. The number of nitrogens with two attached hydrogens (primary N) is 1. The van der Waals surface area contributed by atoms with E-state index in [4.69, 9.17) is 5.73 Å². The van der Waals surface area contributed by atoms with Crippen LogP contribution in [0.4, 0.5) is 0 Å². The third kappa shape index (κ3) is 2.13. The molecule has 0 bridgehead atoms. The maximum absolute atomic E-state index is 5.59. The van der Waals surface area contributed by atoms with Crippen molar-refractivity contribution in [3.05, 3.63) is 35.4 Å². The molecule has 1 aromatic carbocycles. The quantitative estimate of drug-likeness (QED) is 0.816. The Morgan fingerprint density at radius 1 is 1.38 bits per heavy atom. The lowest BCUT2D eigenvalue weighted by atomic mass is 9.70. The summed E-state index contributed by atoms with van der Waals surface area (Å²) in [7, 11) is 0. The van der Waals surface area contributed by atoms with Gasteiger partial charge in [0.1, 0.15) is 0 Å². The van der Waals surface area contributed by atoms with Gasteiger partial charge in [-0.05, 0) is 29.4 Å². The summed E-state index contributed by atoms with van der Waals surface area (Å²) in [5.41, 5.74) is 8.88. The molecule has 88 valence electrons. The van der Waals surface area contributed by atoms with Crippen LogP contribution in [0.2, 0.25) is 0 Å². The number of hydrogen-bond donors (Lipinski definition) is 2. The van der Waals surface area contributed by atoms with Crippen LogP contribution in [0.3, 0.4) is 0 Å². The second-order valence-corrected chi connectivity index (χ2v) is 5.36. The highest BCUT2D eigenvalue weighted by Crippen LogP contribution is 2.43. The Kier molecular flexibility index (Phi) is 3.31. The SMILES string of the molecule is CC1(C)CCc2ccccc2C1NCCN. The zero-order valence-corrected chi connectivity index (χ0v) is 10.3. The minimum atomic E-state index is 0.323. The first-order valence-electron chi connectivity index (χ1n) is 6.16. The summed E-state index contributed by atoms with van der Waals surface area (Å²) in [6, 6.07) is 9.22. The number of benzene rings is 1. The Labute approximate surface area is 98.2 Å². The predicted octanol–water partition coefficient (Wildman–Crippen LogP) is 2.25. The molecule has 0 aromatic heterocycles. The van der Waals surface area contributed by atoms with Crippen LogP contribution < -0.4 is 11.1 Å². The van der Waals surface area contributed by atoms with E-state index in [1.807, 2.05) is 0 Å². The predicted molar refractivity (Wildman–Crippen MR) is 68.3 cm³/mol. The number of rotatable bonds is 3. The number of nitrogens with one attached hydrogen (secondary N) is 1. The molecule has 0 fully saturated rings. The van der Waals surface area contributed by atoms with E-state index in [1.165, 1.54) is 24.0 Å². The molecule has 0 saturated heterocycles. The first kappa shape index (κ1) is 11.6. The van der Waals surface area contributed by atoms with Crippen LogP contribution in [0.5, 0.6) is 0 Å². The summed E-state index contributed by atoms with van der Waals surface area (Å²) in [5.74, 6) is 0. The van der Waals surface area contributed by atoms with E-state index in [0.717, 1.165) is 6.54 Å². The fourth-order valence-electron chi connectivity index (χ4n) is 2.68. The van der Waals surface area contributed by atoms with Crippen LogP contribution in [-0.2, 0) is 6.42 Å². The van der Waals surface area contributed by atoms with E-state index in [1.54, 1.807) is 0 Å². The third-order valence-corrected chi connectivity index (χ3v) is 3.68. The Bertz CT molecular complexity index is 358. The molecular formula is C14H22N2. The molecule has 2 nitrogen and oxygen atoms in total. The van der Waals surface area contributed by atoms with E-state index >= 15 is 0 Å². The van der Waals surface area contributed by atoms with Gasteiger partial charge in [-0.3, -0.25) is 0 Å². The Morgan fingerprint density at radius 3 is 2.88 bits per heavy atom. The first-order valence-corrected chi connectivity index (χ1v) is 6.16. The smallest absolute Gasteiger partial charge is 0.0375 e. The summed E-state index contributed by atoms with van der Waals surface area (Å²) in [5, 5.41) is 3.59. The highest BCUT2D eigenvalue weighted by atomic mass is 14.9. The van der Waals surface area contributed by atoms with Crippen molar-refractivity contribution in [2.75, 3.05) is 13.1 Å². The molecular weight excluding hydrogens is 196 g/mol. The zero-order valence-electron chi connectivity index (χ0n) is 10.3. The summed E-state index contributed by atoms with van der Waals surface area (Å²) in [4.78, 5) is 0. The van der Waals surface area contributed by atoms with Crippen molar-refractivity contribution in [2.45, 2.75) is 32.7 Å². The largest absolute Gasteiger partial charge is 0.329 e. The molecule has 0 amide bonds. The van der Waals surface area contributed by atoms with Crippen molar-refractivity contribution in [1.29, 1.82) is 0 Å². The van der Waals surface area contributed by atoms with Gasteiger partial charge in [-0.25, -0.2) is 0 Å². The molecule has 16 heavy (non-hydrogen) atoms. The van der Waals surface area contributed by atoms with Crippen molar-refractivity contribution in [3.63, 3.8) is 0 Å². The molecule has 0 spiro atoms. The van der Waals surface area contributed by atoms with Gasteiger partial charge in [0.15, 0.2) is 0 Å². The van der Waals surface area contributed by atoms with Gasteiger partial charge in [0.25, 0.3) is 0 Å². The van der Waals surface area contributed by atoms with Crippen molar-refractivity contribution >= 4 is 0 Å². The molecule has 2 rings (SSSR count). The average Bonchev–Trinajstić information content (AvgIpc) is 2.27. The van der Waals surface area contributed by atoms with E-state index in [0.29, 0.717) is 18.0 Å². The summed E-state index contributed by atoms with van der Waals surface area (Å²) >= 11 is 0. The minimum Gasteiger partial charge on any atom is -0.329 e. The van der Waals surface area contributed by atoms with Crippen molar-refractivity contribution in [1.82, 2.24) is 5.32 Å². The zero-order chi connectivity index (χ0) is 11.6. The molecule has 1 aliphatic carbocycles. The molecule has 1 aromatic rings. The molecule has 3 N–H and O–H groups in total. The molecule has 2 heteroatoms. The number of hydrogen-bond acceptors (Lipinski definition) is 2. The van der Waals surface area contributed by atoms with Gasteiger partial charge in [-0.2, -0.15) is 0 Å². The van der Waals surface area contributed by atoms with Crippen molar-refractivity contribution < 1.29 is 0 Å². The number of fused-ring (bicyclic) bond motifs is 1. The van der Waals surface area contributed by atoms with Crippen LogP contribution in [-0.4, -0.2) is 13.1 Å². The maximum atomic E-state index is 5.59. The molecule has 1 atom stereocenters. The molecule has 0 aliphatic heterocycles. The van der Waals surface area contributed by atoms with Crippen LogP contribution in [0.25, 0.3) is 0 Å². The topological polar surface area (TPSA) is 38.0 Å². The lowest BCUT2D eigenvalue weighted by Gasteiger charge is -2.40. The van der Waals surface area contributed by atoms with Gasteiger partial charge < -0.3 is 11.1 Å². The van der Waals surface area contributed by atoms with Crippen LogP contribution >= 0.6 is 0 Å². The normalized spacial score (nSPS) is 22.8. The Hall–Kier alpha value is -0.860. The van der Waals surface area contributed by atoms with Crippen LogP contribution in [0.1, 0.15) is 37.4 Å². The van der Waals surface area contributed by atoms with Crippen LogP contribution in [0.15, 0.2) is 24.3 Å². The van der Waals surface area contributed by atoms with Gasteiger partial charge >= 0.3 is 0 Å². The fraction of sp³-hybridized carbons (Fsp3) is 0.571. The standard InChI is InChI=1S/C14H22N2/c1-14(2)8-7-11-5-3-4-6-12(11)13(14)16-10-9-15/h3-6,13,16H,7-10,15H2,1-2H3. The fourth-order valence-corrected chi connectivity index (χ4v) is 2.68. The summed E-state index contributed by atoms with van der Waals surface area (Å²) < 4.78 is 0. The van der Waals surface area contributed by atoms with Gasteiger partial charge in [0.2, 0.25) is 0 Å². The van der Waals surface area contributed by atoms with Gasteiger partial charge in [-0.1, -0.05) is 38.1 Å². The minimum absolute atomic E-state index is 0.323. The second-order valence-electron chi connectivity index (χ2n) is 5.36. The third-order valence-electron chi connectivity index (χ3n) is 3.68. The maximum Gasteiger partial charge on any atom is 0.0375 e. The molecule has 0 saturated carbocycles. The van der Waals surface area contributed by atoms with Crippen molar-refractivity contribution in [2.24, 2.45) is 11.1 Å². The highest BCUT2D eigenvalue weighted by Gasteiger charge is 2.34. The lowest BCUT2D eigenvalue weighted by Crippen LogP contribution is -2.40. The summed E-state index contributed by atoms with van der Waals surface area (Å²) in [6.45, 7) is 6.28. The van der Waals surface area contributed by atoms with Gasteiger partial charge in [0.05, 0.1) is 0 Å². The summed E-state index contributed by atoms with van der Waals surface area (Å²) in [6.07, 6.45) is 2.44. The molecule has 1 aliphatic rings. The van der Waals surface area contributed by atoms with E-state index < -0.39 is 0 Å². The Balaban J connectivity index is 2.30. The molecule has 0 radical (unpaired) electrons. The second kappa shape index (κ2) is 4.56. The van der Waals surface area contributed by atoms with E-state index in [-0.39, 0.29) is 0 Å². The van der Waals surface area contributed by atoms with Crippen LogP contribution in [0, 0.1) is 5.41 Å². The Morgan fingerprint density at radius 2 is 2.12 bits per heavy atom. The van der Waals surface area contributed by atoms with E-state index in [9.17, 15) is 0 Å². The average molecular weight is 218 g/mol. The highest BCUT2D eigenvalue weighted by molar-refractivity contribution is 5.34. The first-order chi connectivity index (χ1) is 7.65. The van der Waals surface area contributed by atoms with Gasteiger partial charge in [-0.15, -0.1) is 0 Å². The molecule has 1 unspecified atom stereocenters. The van der Waals surface area contributed by atoms with E-state index in [2.05, 4.69) is 43.4 Å². The lowest BCUT2D eigenvalue weighted by molar-refractivity contribution is 0.211.